The molecule has 0 aliphatic heterocycles. The van der Waals surface area contributed by atoms with Gasteiger partial charge in [-0.15, -0.1) is 0 Å². The molecular weight excluding hydrogens is 348 g/mol. The van der Waals surface area contributed by atoms with E-state index in [0.717, 1.165) is 12.0 Å². The number of carbonyl (C=O) groups is 1. The van der Waals surface area contributed by atoms with Crippen LogP contribution in [0.25, 0.3) is 0 Å². The van der Waals surface area contributed by atoms with Crippen LogP contribution in [0.15, 0.2) is 42.5 Å². The number of hydrogen-bond acceptors (Lipinski definition) is 5. The maximum atomic E-state index is 12.6. The molecule has 0 radical (unpaired) electrons. The minimum Gasteiger partial charge on any atom is -0.493 e. The smallest absolute Gasteiger partial charge is 0.286 e. The molecule has 7 heteroatoms. The molecule has 1 amide bonds. The number of nitrogens with zero attached hydrogens (tertiary/aromatic N) is 1. The van der Waals surface area contributed by atoms with Gasteiger partial charge in [0.05, 0.1) is 24.7 Å². The summed E-state index contributed by atoms with van der Waals surface area (Å²) in [7, 11) is 1.42. The Hall–Kier alpha value is -3.09. The number of amides is 1. The quantitative estimate of drug-likeness (QED) is 0.532. The van der Waals surface area contributed by atoms with Crippen molar-refractivity contribution in [2.24, 2.45) is 0 Å². The predicted octanol–water partition coefficient (Wildman–Crippen LogP) is 3.93. The Morgan fingerprint density at radius 2 is 1.89 bits per heavy atom. The van der Waals surface area contributed by atoms with Gasteiger partial charge in [-0.05, 0) is 18.9 Å². The molecule has 0 spiro atoms. The first-order valence-corrected chi connectivity index (χ1v) is 8.84. The standard InChI is InChI=1S/C20H24N2O5/c1-4-14(15-9-7-6-8-10-15)13-21-20(23)16-11-18(26-3)19(27-5-2)12-17(16)22(24)25/h6-12,14H,4-5,13H2,1-3H3,(H,21,23). The predicted molar refractivity (Wildman–Crippen MR) is 103 cm³/mol. The summed E-state index contributed by atoms with van der Waals surface area (Å²) in [4.78, 5) is 23.5. The molecule has 2 aromatic carbocycles. The van der Waals surface area contributed by atoms with Crippen molar-refractivity contribution in [3.63, 3.8) is 0 Å². The Bertz CT molecular complexity index is 792. The summed E-state index contributed by atoms with van der Waals surface area (Å²) in [6.45, 7) is 4.51. The van der Waals surface area contributed by atoms with E-state index in [9.17, 15) is 14.9 Å². The lowest BCUT2D eigenvalue weighted by molar-refractivity contribution is -0.385. The molecule has 1 N–H and O–H groups in total. The average Bonchev–Trinajstić information content (AvgIpc) is 2.69. The van der Waals surface area contributed by atoms with Crippen molar-refractivity contribution in [3.05, 3.63) is 63.7 Å². The van der Waals surface area contributed by atoms with E-state index in [1.807, 2.05) is 37.3 Å². The highest BCUT2D eigenvalue weighted by Crippen LogP contribution is 2.34. The molecule has 2 rings (SSSR count). The number of benzene rings is 2. The molecule has 0 saturated heterocycles. The van der Waals surface area contributed by atoms with Gasteiger partial charge in [-0.2, -0.15) is 0 Å². The maximum absolute atomic E-state index is 12.6. The van der Waals surface area contributed by atoms with Crippen molar-refractivity contribution in [3.8, 4) is 11.5 Å². The SMILES string of the molecule is CCOc1cc([N+](=O)[O-])c(C(=O)NCC(CC)c2ccccc2)cc1OC. The molecule has 0 aromatic heterocycles. The van der Waals surface area contributed by atoms with Crippen LogP contribution in [0.3, 0.4) is 0 Å². The fourth-order valence-corrected chi connectivity index (χ4v) is 2.84. The number of methoxy groups -OCH3 is 1. The van der Waals surface area contributed by atoms with Gasteiger partial charge < -0.3 is 14.8 Å². The number of nitro benzene ring substituents is 1. The van der Waals surface area contributed by atoms with Gasteiger partial charge in [-0.1, -0.05) is 37.3 Å². The lowest BCUT2D eigenvalue weighted by Gasteiger charge is -2.17. The normalized spacial score (nSPS) is 11.5. The summed E-state index contributed by atoms with van der Waals surface area (Å²) in [6.07, 6.45) is 0.832. The minimum absolute atomic E-state index is 0.0526. The van der Waals surface area contributed by atoms with Crippen LogP contribution in [0.4, 0.5) is 5.69 Å². The Balaban J connectivity index is 2.25. The van der Waals surface area contributed by atoms with E-state index in [2.05, 4.69) is 5.32 Å². The molecule has 0 bridgehead atoms. The first-order valence-electron chi connectivity index (χ1n) is 8.84. The van der Waals surface area contributed by atoms with Gasteiger partial charge in [0.1, 0.15) is 5.56 Å². The summed E-state index contributed by atoms with van der Waals surface area (Å²) in [6, 6.07) is 12.4. The second-order valence-corrected chi connectivity index (χ2v) is 5.94. The summed E-state index contributed by atoms with van der Waals surface area (Å²) in [5.41, 5.74) is 0.742. The molecule has 7 nitrogen and oxygen atoms in total. The Morgan fingerprint density at radius 1 is 1.19 bits per heavy atom. The van der Waals surface area contributed by atoms with Gasteiger partial charge in [-0.3, -0.25) is 14.9 Å². The molecule has 0 fully saturated rings. The Morgan fingerprint density at radius 3 is 2.44 bits per heavy atom. The van der Waals surface area contributed by atoms with Crippen LogP contribution < -0.4 is 14.8 Å². The van der Waals surface area contributed by atoms with Crippen molar-refractivity contribution in [2.45, 2.75) is 26.2 Å². The van der Waals surface area contributed by atoms with Crippen LogP contribution in [0, 0.1) is 10.1 Å². The highest BCUT2D eigenvalue weighted by atomic mass is 16.6. The van der Waals surface area contributed by atoms with Crippen molar-refractivity contribution >= 4 is 11.6 Å². The molecule has 144 valence electrons. The lowest BCUT2D eigenvalue weighted by Crippen LogP contribution is -2.29. The third kappa shape index (κ3) is 4.97. The third-order valence-electron chi connectivity index (χ3n) is 4.30. The van der Waals surface area contributed by atoms with Gasteiger partial charge in [0.15, 0.2) is 11.5 Å². The van der Waals surface area contributed by atoms with Gasteiger partial charge in [0.25, 0.3) is 11.6 Å². The number of ether oxygens (including phenoxy) is 2. The first-order chi connectivity index (χ1) is 13.0. The van der Waals surface area contributed by atoms with Crippen LogP contribution >= 0.6 is 0 Å². The number of nitro groups is 1. The Kier molecular flexibility index (Phi) is 7.16. The van der Waals surface area contributed by atoms with Crippen LogP contribution in [0.5, 0.6) is 11.5 Å². The molecule has 2 aromatic rings. The van der Waals surface area contributed by atoms with Crippen molar-refractivity contribution in [1.29, 1.82) is 0 Å². The average molecular weight is 372 g/mol. The largest absolute Gasteiger partial charge is 0.493 e. The van der Waals surface area contributed by atoms with E-state index in [1.54, 1.807) is 6.92 Å². The second kappa shape index (κ2) is 9.56. The topological polar surface area (TPSA) is 90.7 Å². The van der Waals surface area contributed by atoms with Crippen molar-refractivity contribution in [2.75, 3.05) is 20.3 Å². The molecule has 0 aliphatic carbocycles. The number of nitrogens with one attached hydrogen (secondary N) is 1. The fraction of sp³-hybridized carbons (Fsp3) is 0.350. The van der Waals surface area contributed by atoms with Gasteiger partial charge in [-0.25, -0.2) is 0 Å². The van der Waals surface area contributed by atoms with E-state index in [4.69, 9.17) is 9.47 Å². The van der Waals surface area contributed by atoms with Gasteiger partial charge in [0, 0.05) is 18.5 Å². The van der Waals surface area contributed by atoms with E-state index >= 15 is 0 Å². The van der Waals surface area contributed by atoms with Crippen LogP contribution in [-0.4, -0.2) is 31.1 Å². The van der Waals surface area contributed by atoms with Crippen molar-refractivity contribution < 1.29 is 19.2 Å². The number of rotatable bonds is 9. The maximum Gasteiger partial charge on any atom is 0.286 e. The molecule has 0 heterocycles. The lowest BCUT2D eigenvalue weighted by atomic mass is 9.96. The number of carbonyl (C=O) groups excluding carboxylic acids is 1. The van der Waals surface area contributed by atoms with E-state index < -0.39 is 10.8 Å². The van der Waals surface area contributed by atoms with E-state index in [-0.39, 0.29) is 28.7 Å². The summed E-state index contributed by atoms with van der Waals surface area (Å²) in [5.74, 6) is 0.123. The fourth-order valence-electron chi connectivity index (χ4n) is 2.84. The number of hydrogen-bond donors (Lipinski definition) is 1. The van der Waals surface area contributed by atoms with Crippen LogP contribution in [-0.2, 0) is 0 Å². The molecule has 1 atom stereocenters. The highest BCUT2D eigenvalue weighted by Gasteiger charge is 2.25. The van der Waals surface area contributed by atoms with Crippen LogP contribution in [0.2, 0.25) is 0 Å². The molecule has 1 unspecified atom stereocenters. The van der Waals surface area contributed by atoms with Gasteiger partial charge in [0.2, 0.25) is 0 Å². The third-order valence-corrected chi connectivity index (χ3v) is 4.30. The molecule has 0 saturated carbocycles. The molecule has 0 aliphatic rings. The van der Waals surface area contributed by atoms with Crippen molar-refractivity contribution in [1.82, 2.24) is 5.32 Å². The first kappa shape index (κ1) is 20.2. The van der Waals surface area contributed by atoms with Crippen LogP contribution in [0.1, 0.15) is 42.1 Å². The zero-order chi connectivity index (χ0) is 19.8. The molecular formula is C20H24N2O5. The highest BCUT2D eigenvalue weighted by molar-refractivity contribution is 5.99. The Labute approximate surface area is 158 Å². The summed E-state index contributed by atoms with van der Waals surface area (Å²) in [5, 5.41) is 14.2. The zero-order valence-electron chi connectivity index (χ0n) is 15.7. The molecule has 27 heavy (non-hydrogen) atoms. The monoisotopic (exact) mass is 372 g/mol. The summed E-state index contributed by atoms with van der Waals surface area (Å²) < 4.78 is 10.6. The zero-order valence-corrected chi connectivity index (χ0v) is 15.7. The van der Waals surface area contributed by atoms with E-state index in [0.29, 0.717) is 13.2 Å². The summed E-state index contributed by atoms with van der Waals surface area (Å²) >= 11 is 0. The van der Waals surface area contributed by atoms with E-state index in [1.165, 1.54) is 19.2 Å². The second-order valence-electron chi connectivity index (χ2n) is 5.94. The van der Waals surface area contributed by atoms with Gasteiger partial charge >= 0.3 is 0 Å². The minimum atomic E-state index is -0.592.